The third-order valence-corrected chi connectivity index (χ3v) is 4.64. The lowest BCUT2D eigenvalue weighted by Gasteiger charge is -2.32. The van der Waals surface area contributed by atoms with Gasteiger partial charge in [0, 0.05) is 49.7 Å². The molecule has 0 atom stereocenters. The highest BCUT2D eigenvalue weighted by molar-refractivity contribution is 6.31. The maximum atomic E-state index is 12.6. The van der Waals surface area contributed by atoms with Crippen molar-refractivity contribution in [2.45, 2.75) is 0 Å². The Morgan fingerprint density at radius 3 is 2.48 bits per heavy atom. The number of aromatic nitrogens is 3. The second kappa shape index (κ2) is 6.33. The van der Waals surface area contributed by atoms with Gasteiger partial charge in [0.15, 0.2) is 5.65 Å². The van der Waals surface area contributed by atoms with Crippen LogP contribution in [-0.2, 0) is 0 Å². The second-order valence-corrected chi connectivity index (χ2v) is 6.36. The fraction of sp³-hybridized carbons (Fsp3) is 0.278. The van der Waals surface area contributed by atoms with Gasteiger partial charge in [-0.25, -0.2) is 4.98 Å². The average molecular weight is 331 g/mol. The zero-order valence-corrected chi connectivity index (χ0v) is 14.1. The molecule has 0 saturated carbocycles. The zero-order chi connectivity index (χ0) is 17.4. The van der Waals surface area contributed by atoms with Crippen LogP contribution in [0.15, 0.2) is 42.9 Å². The van der Waals surface area contributed by atoms with Gasteiger partial charge in [-0.15, -0.1) is 0 Å². The molecule has 0 unspecified atom stereocenters. The van der Waals surface area contributed by atoms with Crippen LogP contribution in [0.3, 0.4) is 0 Å². The molecule has 3 aromatic rings. The van der Waals surface area contributed by atoms with Gasteiger partial charge in [0.05, 0.1) is 11.9 Å². The predicted molar refractivity (Wildman–Crippen MR) is 97.2 cm³/mol. The van der Waals surface area contributed by atoms with Crippen LogP contribution >= 0.6 is 0 Å². The van der Waals surface area contributed by atoms with E-state index in [0.29, 0.717) is 16.8 Å². The minimum absolute atomic E-state index is 0.0851. The molecule has 4 rings (SSSR count). The molecule has 7 heteroatoms. The van der Waals surface area contributed by atoms with E-state index < -0.39 is 0 Å². The van der Waals surface area contributed by atoms with E-state index in [-0.39, 0.29) is 5.91 Å². The monoisotopic (exact) mass is 331 g/mol. The molecule has 1 saturated heterocycles. The van der Waals surface area contributed by atoms with Gasteiger partial charge in [0.1, 0.15) is 7.85 Å². The lowest BCUT2D eigenvalue weighted by molar-refractivity contribution is 0.0664. The Morgan fingerprint density at radius 2 is 1.76 bits per heavy atom. The van der Waals surface area contributed by atoms with Crippen molar-refractivity contribution >= 4 is 25.0 Å². The van der Waals surface area contributed by atoms with Crippen molar-refractivity contribution in [1.82, 2.24) is 24.2 Å². The van der Waals surface area contributed by atoms with Gasteiger partial charge in [0.25, 0.3) is 5.91 Å². The first-order chi connectivity index (χ1) is 12.1. The number of fused-ring (bicyclic) bond motifs is 1. The van der Waals surface area contributed by atoms with Crippen molar-refractivity contribution in [3.8, 4) is 11.3 Å². The number of rotatable bonds is 2. The average Bonchev–Trinajstić information content (AvgIpc) is 3.02. The number of piperazine rings is 1. The molecular weight excluding hydrogens is 313 g/mol. The van der Waals surface area contributed by atoms with Crippen LogP contribution < -0.4 is 5.59 Å². The van der Waals surface area contributed by atoms with Crippen LogP contribution in [-0.4, -0.2) is 71.1 Å². The SMILES string of the molecule is [B]c1cnc2cnc(-c3ccc(C(=O)N4CCN(C)CC4)cc3)cn12. The van der Waals surface area contributed by atoms with Crippen LogP contribution in [0.5, 0.6) is 0 Å². The Balaban J connectivity index is 1.56. The fourth-order valence-corrected chi connectivity index (χ4v) is 3.03. The molecule has 0 aliphatic carbocycles. The standard InChI is InChI=1S/C18H18BN5O/c1-22-6-8-23(9-7-22)18(25)14-4-2-13(3-5-14)15-12-24-16(19)10-21-17(24)11-20-15/h2-5,10-12H,6-9H2,1H3. The van der Waals surface area contributed by atoms with Crippen molar-refractivity contribution in [2.24, 2.45) is 0 Å². The largest absolute Gasteiger partial charge is 0.336 e. The van der Waals surface area contributed by atoms with Crippen molar-refractivity contribution in [1.29, 1.82) is 0 Å². The molecule has 0 spiro atoms. The summed E-state index contributed by atoms with van der Waals surface area (Å²) < 4.78 is 1.80. The summed E-state index contributed by atoms with van der Waals surface area (Å²) in [4.78, 5) is 25.3. The van der Waals surface area contributed by atoms with E-state index in [9.17, 15) is 4.79 Å². The van der Waals surface area contributed by atoms with E-state index in [1.54, 1.807) is 16.8 Å². The molecule has 3 heterocycles. The Labute approximate surface area is 147 Å². The number of benzene rings is 1. The molecule has 1 aliphatic rings. The van der Waals surface area contributed by atoms with Gasteiger partial charge in [-0.3, -0.25) is 9.78 Å². The molecule has 1 amide bonds. The third kappa shape index (κ3) is 3.03. The fourth-order valence-electron chi connectivity index (χ4n) is 3.03. The molecule has 1 fully saturated rings. The Hall–Kier alpha value is -2.67. The highest BCUT2D eigenvalue weighted by atomic mass is 16.2. The maximum Gasteiger partial charge on any atom is 0.253 e. The summed E-state index contributed by atoms with van der Waals surface area (Å²) in [7, 11) is 7.98. The number of nitrogens with zero attached hydrogens (tertiary/aromatic N) is 5. The van der Waals surface area contributed by atoms with Gasteiger partial charge in [-0.05, 0) is 24.8 Å². The van der Waals surface area contributed by atoms with Crippen LogP contribution in [0.1, 0.15) is 10.4 Å². The van der Waals surface area contributed by atoms with Crippen molar-refractivity contribution in [3.63, 3.8) is 0 Å². The van der Waals surface area contributed by atoms with Gasteiger partial charge in [-0.1, -0.05) is 12.1 Å². The normalized spacial score (nSPS) is 15.6. The first-order valence-electron chi connectivity index (χ1n) is 8.28. The molecule has 124 valence electrons. The van der Waals surface area contributed by atoms with Crippen molar-refractivity contribution in [3.05, 3.63) is 48.4 Å². The van der Waals surface area contributed by atoms with E-state index in [4.69, 9.17) is 7.85 Å². The number of amides is 1. The number of hydrogen-bond acceptors (Lipinski definition) is 4. The third-order valence-electron chi connectivity index (χ3n) is 4.64. The molecule has 0 N–H and O–H groups in total. The topological polar surface area (TPSA) is 53.7 Å². The predicted octanol–water partition coefficient (Wildman–Crippen LogP) is 0.578. The van der Waals surface area contributed by atoms with Crippen LogP contribution in [0.2, 0.25) is 0 Å². The molecule has 6 nitrogen and oxygen atoms in total. The van der Waals surface area contributed by atoms with Gasteiger partial charge >= 0.3 is 0 Å². The van der Waals surface area contributed by atoms with Gasteiger partial charge < -0.3 is 14.2 Å². The Morgan fingerprint density at radius 1 is 1.04 bits per heavy atom. The molecular formula is C18H18BN5O. The van der Waals surface area contributed by atoms with E-state index in [2.05, 4.69) is 21.9 Å². The second-order valence-electron chi connectivity index (χ2n) is 6.36. The number of carbonyl (C=O) groups is 1. The number of carbonyl (C=O) groups excluding carboxylic acids is 1. The lowest BCUT2D eigenvalue weighted by atomic mass is 10.1. The van der Waals surface area contributed by atoms with Crippen molar-refractivity contribution in [2.75, 3.05) is 33.2 Å². The molecule has 2 radical (unpaired) electrons. The van der Waals surface area contributed by atoms with Crippen LogP contribution in [0.25, 0.3) is 16.9 Å². The smallest absolute Gasteiger partial charge is 0.253 e. The molecule has 0 bridgehead atoms. The summed E-state index contributed by atoms with van der Waals surface area (Å²) in [5, 5.41) is 0. The highest BCUT2D eigenvalue weighted by Crippen LogP contribution is 2.18. The van der Waals surface area contributed by atoms with Crippen LogP contribution in [0, 0.1) is 0 Å². The lowest BCUT2D eigenvalue weighted by Crippen LogP contribution is -2.47. The van der Waals surface area contributed by atoms with Gasteiger partial charge in [0.2, 0.25) is 0 Å². The number of imidazole rings is 1. The Bertz CT molecular complexity index is 913. The molecule has 1 aromatic carbocycles. The minimum Gasteiger partial charge on any atom is -0.336 e. The summed E-state index contributed by atoms with van der Waals surface area (Å²) in [5.74, 6) is 0.0851. The van der Waals surface area contributed by atoms with E-state index in [1.807, 2.05) is 35.4 Å². The van der Waals surface area contributed by atoms with Crippen molar-refractivity contribution < 1.29 is 4.79 Å². The van der Waals surface area contributed by atoms with E-state index in [1.165, 1.54) is 0 Å². The maximum absolute atomic E-state index is 12.6. The molecule has 1 aliphatic heterocycles. The number of hydrogen-bond donors (Lipinski definition) is 0. The summed E-state index contributed by atoms with van der Waals surface area (Å²) in [6, 6.07) is 7.56. The van der Waals surface area contributed by atoms with E-state index >= 15 is 0 Å². The highest BCUT2D eigenvalue weighted by Gasteiger charge is 2.20. The van der Waals surface area contributed by atoms with E-state index in [0.717, 1.165) is 37.4 Å². The van der Waals surface area contributed by atoms with Crippen LogP contribution in [0.4, 0.5) is 0 Å². The quantitative estimate of drug-likeness (QED) is 0.645. The first kappa shape index (κ1) is 15.8. The molecule has 25 heavy (non-hydrogen) atoms. The number of likely N-dealkylation sites (N-methyl/N-ethyl adjacent to an activating group) is 1. The Kier molecular flexibility index (Phi) is 4.01. The van der Waals surface area contributed by atoms with Gasteiger partial charge in [-0.2, -0.15) is 0 Å². The summed E-state index contributed by atoms with van der Waals surface area (Å²) in [5.41, 5.74) is 3.71. The first-order valence-corrected chi connectivity index (χ1v) is 8.28. The summed E-state index contributed by atoms with van der Waals surface area (Å²) in [6.45, 7) is 3.38. The molecule has 2 aromatic heterocycles. The zero-order valence-electron chi connectivity index (χ0n) is 14.1. The minimum atomic E-state index is 0.0851. The summed E-state index contributed by atoms with van der Waals surface area (Å²) in [6.07, 6.45) is 5.16. The summed E-state index contributed by atoms with van der Waals surface area (Å²) >= 11 is 0.